The van der Waals surface area contributed by atoms with Gasteiger partial charge in [0.05, 0.1) is 0 Å². The van der Waals surface area contributed by atoms with Gasteiger partial charge in [-0.2, -0.15) is 0 Å². The van der Waals surface area contributed by atoms with Gasteiger partial charge in [0.25, 0.3) is 0 Å². The van der Waals surface area contributed by atoms with Crippen molar-refractivity contribution in [2.75, 3.05) is 0 Å². The summed E-state index contributed by atoms with van der Waals surface area (Å²) in [6, 6.07) is 18.4. The van der Waals surface area contributed by atoms with Gasteiger partial charge in [-0.05, 0) is 11.1 Å². The van der Waals surface area contributed by atoms with Crippen molar-refractivity contribution in [3.63, 3.8) is 0 Å². The molecule has 0 bridgehead atoms. The zero-order valence-electron chi connectivity index (χ0n) is 14.0. The van der Waals surface area contributed by atoms with Crippen LogP contribution in [0.4, 0.5) is 0 Å². The van der Waals surface area contributed by atoms with Gasteiger partial charge in [0.2, 0.25) is 0 Å². The molecule has 0 fully saturated rings. The van der Waals surface area contributed by atoms with Crippen LogP contribution >= 0.6 is 8.25 Å². The summed E-state index contributed by atoms with van der Waals surface area (Å²) in [6.07, 6.45) is 1.84. The van der Waals surface area contributed by atoms with Gasteiger partial charge in [0, 0.05) is 29.8 Å². The van der Waals surface area contributed by atoms with E-state index in [-0.39, 0.29) is 12.8 Å². The standard InChI is InChI=1S/C18H19N2O5P/c21-19-13-11-17(15-7-3-1-4-8-15)24-26(23)25-18(12-14-20-22)16-9-5-2-6-10-16/h1-10,13-14,17-18H,11-12H2,(H-,21,22)/p+1. The first-order valence-corrected chi connectivity index (χ1v) is 9.06. The predicted octanol–water partition coefficient (Wildman–Crippen LogP) is 4.86. The zero-order chi connectivity index (χ0) is 18.6. The highest BCUT2D eigenvalue weighted by molar-refractivity contribution is 7.33. The van der Waals surface area contributed by atoms with Crippen molar-refractivity contribution >= 4 is 20.7 Å². The van der Waals surface area contributed by atoms with E-state index in [1.807, 2.05) is 60.7 Å². The summed E-state index contributed by atoms with van der Waals surface area (Å²) in [7, 11) is -2.48. The molecule has 0 aromatic heterocycles. The number of hydrogen-bond donors (Lipinski definition) is 2. The smallest absolute Gasteiger partial charge is 0.411 e. The van der Waals surface area contributed by atoms with Crippen LogP contribution in [0.15, 0.2) is 71.0 Å². The van der Waals surface area contributed by atoms with Crippen LogP contribution in [0.1, 0.15) is 36.2 Å². The molecule has 0 aliphatic carbocycles. The third-order valence-electron chi connectivity index (χ3n) is 3.57. The molecular formula is C18H20N2O5P+. The highest BCUT2D eigenvalue weighted by atomic mass is 31.1. The molecule has 26 heavy (non-hydrogen) atoms. The lowest BCUT2D eigenvalue weighted by Crippen LogP contribution is -2.05. The van der Waals surface area contributed by atoms with Gasteiger partial charge < -0.3 is 10.4 Å². The Bertz CT molecular complexity index is 663. The minimum Gasteiger partial charge on any atom is -0.411 e. The third kappa shape index (κ3) is 6.37. The first kappa shape index (κ1) is 19.7. The maximum atomic E-state index is 12.4. The van der Waals surface area contributed by atoms with Crippen LogP contribution in [0.2, 0.25) is 0 Å². The van der Waals surface area contributed by atoms with E-state index in [4.69, 9.17) is 19.5 Å². The van der Waals surface area contributed by atoms with E-state index in [9.17, 15) is 4.57 Å². The Morgan fingerprint density at radius 2 is 1.19 bits per heavy atom. The fourth-order valence-electron chi connectivity index (χ4n) is 2.33. The summed E-state index contributed by atoms with van der Waals surface area (Å²) in [5.74, 6) is 0. The number of oxime groups is 2. The van der Waals surface area contributed by atoms with Crippen molar-refractivity contribution in [1.82, 2.24) is 0 Å². The van der Waals surface area contributed by atoms with Gasteiger partial charge in [0.1, 0.15) is 12.2 Å². The maximum absolute atomic E-state index is 12.4. The van der Waals surface area contributed by atoms with Crippen molar-refractivity contribution in [3.05, 3.63) is 71.8 Å². The van der Waals surface area contributed by atoms with Crippen LogP contribution in [0.25, 0.3) is 0 Å². The average molecular weight is 375 g/mol. The highest BCUT2D eigenvalue weighted by Crippen LogP contribution is 2.40. The largest absolute Gasteiger partial charge is 0.698 e. The molecule has 2 unspecified atom stereocenters. The Hall–Kier alpha value is -2.60. The van der Waals surface area contributed by atoms with Crippen molar-refractivity contribution < 1.29 is 24.0 Å². The zero-order valence-corrected chi connectivity index (χ0v) is 14.9. The summed E-state index contributed by atoms with van der Waals surface area (Å²) >= 11 is 0. The van der Waals surface area contributed by atoms with Gasteiger partial charge in [-0.25, -0.2) is 0 Å². The monoisotopic (exact) mass is 375 g/mol. The molecule has 0 amide bonds. The van der Waals surface area contributed by atoms with Crippen LogP contribution in [0.5, 0.6) is 0 Å². The summed E-state index contributed by atoms with van der Waals surface area (Å²) in [5.41, 5.74) is 1.57. The first-order valence-electron chi connectivity index (χ1n) is 7.97. The Morgan fingerprint density at radius 3 is 1.54 bits per heavy atom. The lowest BCUT2D eigenvalue weighted by molar-refractivity contribution is 0.136. The van der Waals surface area contributed by atoms with E-state index in [1.54, 1.807) is 0 Å². The molecular weight excluding hydrogens is 355 g/mol. The van der Waals surface area contributed by atoms with Gasteiger partial charge in [-0.3, -0.25) is 0 Å². The Morgan fingerprint density at radius 1 is 0.808 bits per heavy atom. The quantitative estimate of drug-likeness (QED) is 0.267. The lowest BCUT2D eigenvalue weighted by Gasteiger charge is -2.11. The molecule has 7 nitrogen and oxygen atoms in total. The average Bonchev–Trinajstić information content (AvgIpc) is 2.69. The summed E-state index contributed by atoms with van der Waals surface area (Å²) in [5, 5.41) is 23.3. The van der Waals surface area contributed by atoms with Crippen LogP contribution < -0.4 is 0 Å². The number of nitrogens with zero attached hydrogens (tertiary/aromatic N) is 2. The second kappa shape index (κ2) is 11.1. The molecule has 0 aliphatic rings. The minimum absolute atomic E-state index is 0.235. The Labute approximate surface area is 152 Å². The van der Waals surface area contributed by atoms with E-state index in [0.717, 1.165) is 11.1 Å². The molecule has 2 rings (SSSR count). The van der Waals surface area contributed by atoms with Gasteiger partial charge in [-0.15, -0.1) is 19.4 Å². The molecule has 2 aromatic carbocycles. The Kier molecular flexibility index (Phi) is 8.42. The number of rotatable bonds is 10. The van der Waals surface area contributed by atoms with E-state index in [1.165, 1.54) is 12.4 Å². The maximum Gasteiger partial charge on any atom is 0.698 e. The summed E-state index contributed by atoms with van der Waals surface area (Å²) in [6.45, 7) is 0. The second-order valence-electron chi connectivity index (χ2n) is 5.30. The van der Waals surface area contributed by atoms with E-state index < -0.39 is 20.5 Å². The lowest BCUT2D eigenvalue weighted by atomic mass is 10.1. The highest BCUT2D eigenvalue weighted by Gasteiger charge is 2.32. The molecule has 0 saturated carbocycles. The molecule has 0 spiro atoms. The molecule has 2 N–H and O–H groups in total. The molecule has 2 atom stereocenters. The van der Waals surface area contributed by atoms with E-state index in [0.29, 0.717) is 0 Å². The molecule has 0 radical (unpaired) electrons. The molecule has 2 aromatic rings. The van der Waals surface area contributed by atoms with Crippen LogP contribution in [0, 0.1) is 0 Å². The van der Waals surface area contributed by atoms with Gasteiger partial charge in [0.15, 0.2) is 0 Å². The number of benzene rings is 2. The predicted molar refractivity (Wildman–Crippen MR) is 97.9 cm³/mol. The molecule has 0 aliphatic heterocycles. The fourth-order valence-corrected chi connectivity index (χ4v) is 3.21. The summed E-state index contributed by atoms with van der Waals surface area (Å²) < 4.78 is 23.5. The first-order chi connectivity index (χ1) is 12.7. The fraction of sp³-hybridized carbons (Fsp3) is 0.222. The number of hydrogen-bond acceptors (Lipinski definition) is 7. The van der Waals surface area contributed by atoms with Crippen LogP contribution in [-0.2, 0) is 13.6 Å². The molecule has 136 valence electrons. The van der Waals surface area contributed by atoms with Gasteiger partial charge in [-0.1, -0.05) is 60.7 Å². The van der Waals surface area contributed by atoms with Crippen molar-refractivity contribution in [1.29, 1.82) is 0 Å². The normalized spacial score (nSPS) is 14.5. The topological polar surface area (TPSA) is 101 Å². The van der Waals surface area contributed by atoms with Gasteiger partial charge >= 0.3 is 8.25 Å². The van der Waals surface area contributed by atoms with E-state index >= 15 is 0 Å². The summed E-state index contributed by atoms with van der Waals surface area (Å²) in [4.78, 5) is 0. The van der Waals surface area contributed by atoms with Crippen LogP contribution in [0.3, 0.4) is 0 Å². The third-order valence-corrected chi connectivity index (χ3v) is 4.42. The molecule has 0 heterocycles. The van der Waals surface area contributed by atoms with Crippen LogP contribution in [-0.4, -0.2) is 22.8 Å². The van der Waals surface area contributed by atoms with Crippen molar-refractivity contribution in [3.8, 4) is 0 Å². The van der Waals surface area contributed by atoms with Crippen molar-refractivity contribution in [2.24, 2.45) is 10.3 Å². The van der Waals surface area contributed by atoms with E-state index in [2.05, 4.69) is 10.3 Å². The Balaban J connectivity index is 2.09. The molecule has 8 heteroatoms. The SMILES string of the molecule is O=[P+](OC(CC=NO)c1ccccc1)OC(CC=NO)c1ccccc1. The van der Waals surface area contributed by atoms with Crippen molar-refractivity contribution in [2.45, 2.75) is 25.0 Å². The molecule has 0 saturated heterocycles. The second-order valence-corrected chi connectivity index (χ2v) is 6.17. The minimum atomic E-state index is -2.48.